The summed E-state index contributed by atoms with van der Waals surface area (Å²) in [5.41, 5.74) is 2.09. The van der Waals surface area contributed by atoms with Gasteiger partial charge in [0.25, 0.3) is 5.56 Å². The molecule has 0 saturated heterocycles. The van der Waals surface area contributed by atoms with Crippen molar-refractivity contribution in [1.82, 2.24) is 19.7 Å². The molecule has 0 aliphatic carbocycles. The smallest absolute Gasteiger partial charge is 0.263 e. The molecule has 0 aliphatic rings. The summed E-state index contributed by atoms with van der Waals surface area (Å²) in [7, 11) is 1.66. The molecule has 2 aromatic heterocycles. The number of nitrogens with zero attached hydrogens (tertiary/aromatic N) is 3. The average Bonchev–Trinajstić information content (AvgIpc) is 3.17. The van der Waals surface area contributed by atoms with Gasteiger partial charge < -0.3 is 10.1 Å². The third-order valence-corrected chi connectivity index (χ3v) is 4.88. The fraction of sp³-hybridized carbons (Fsp3) is 0.190. The van der Waals surface area contributed by atoms with Gasteiger partial charge in [-0.25, -0.2) is 4.68 Å². The zero-order valence-electron chi connectivity index (χ0n) is 15.8. The molecule has 2 N–H and O–H groups in total. The van der Waals surface area contributed by atoms with Crippen LogP contribution in [0.25, 0.3) is 16.7 Å². The number of aromatic amines is 1. The van der Waals surface area contributed by atoms with Crippen LogP contribution < -0.4 is 10.9 Å². The van der Waals surface area contributed by atoms with E-state index in [1.54, 1.807) is 11.8 Å². The Bertz CT molecular complexity index is 1160. The van der Waals surface area contributed by atoms with E-state index in [0.29, 0.717) is 35.0 Å². The molecule has 1 unspecified atom stereocenters. The molecule has 29 heavy (non-hydrogen) atoms. The van der Waals surface area contributed by atoms with E-state index in [4.69, 9.17) is 16.3 Å². The summed E-state index contributed by atoms with van der Waals surface area (Å²) in [6.45, 7) is 0.550. The largest absolute Gasteiger partial charge is 0.385 e. The lowest BCUT2D eigenvalue weighted by molar-refractivity contribution is 0.190. The molecule has 0 bridgehead atoms. The predicted molar refractivity (Wildman–Crippen MR) is 114 cm³/mol. The topological polar surface area (TPSA) is 84.8 Å². The molecule has 8 heteroatoms. The fourth-order valence-corrected chi connectivity index (χ4v) is 3.29. The normalized spacial score (nSPS) is 12.2. The monoisotopic (exact) mass is 409 g/mol. The summed E-state index contributed by atoms with van der Waals surface area (Å²) in [4.78, 5) is 20.0. The number of hydrogen-bond acceptors (Lipinski definition) is 5. The fourth-order valence-electron chi connectivity index (χ4n) is 3.16. The van der Waals surface area contributed by atoms with E-state index in [2.05, 4.69) is 20.4 Å². The molecule has 0 amide bonds. The Morgan fingerprint density at radius 3 is 2.66 bits per heavy atom. The Labute approximate surface area is 172 Å². The van der Waals surface area contributed by atoms with Crippen molar-refractivity contribution in [2.45, 2.75) is 12.5 Å². The molecule has 4 rings (SSSR count). The van der Waals surface area contributed by atoms with Crippen LogP contribution in [-0.4, -0.2) is 33.5 Å². The highest BCUT2D eigenvalue weighted by Gasteiger charge is 2.16. The minimum Gasteiger partial charge on any atom is -0.385 e. The minimum atomic E-state index is -0.249. The number of halogens is 1. The number of nitrogens with one attached hydrogen (secondary N) is 2. The van der Waals surface area contributed by atoms with E-state index in [1.165, 1.54) is 6.20 Å². The number of hydrogen-bond donors (Lipinski definition) is 2. The maximum absolute atomic E-state index is 12.6. The first kappa shape index (κ1) is 19.2. The van der Waals surface area contributed by atoms with Gasteiger partial charge in [0.15, 0.2) is 5.65 Å². The first-order valence-electron chi connectivity index (χ1n) is 9.20. The van der Waals surface area contributed by atoms with E-state index in [1.807, 2.05) is 54.6 Å². The van der Waals surface area contributed by atoms with Crippen LogP contribution in [0.5, 0.6) is 0 Å². The molecule has 0 aliphatic heterocycles. The van der Waals surface area contributed by atoms with E-state index >= 15 is 0 Å². The van der Waals surface area contributed by atoms with Crippen molar-refractivity contribution < 1.29 is 4.74 Å². The van der Waals surface area contributed by atoms with E-state index in [-0.39, 0.29) is 11.6 Å². The lowest BCUT2D eigenvalue weighted by Gasteiger charge is -2.19. The Morgan fingerprint density at radius 2 is 1.93 bits per heavy atom. The number of fused-ring (bicyclic) bond motifs is 1. The summed E-state index contributed by atoms with van der Waals surface area (Å²) in [5.74, 6) is 0.372. The molecule has 148 valence electrons. The molecule has 2 aromatic carbocycles. The van der Waals surface area contributed by atoms with Gasteiger partial charge in [0.05, 0.1) is 17.9 Å². The third kappa shape index (κ3) is 4.16. The first-order chi connectivity index (χ1) is 14.2. The zero-order chi connectivity index (χ0) is 20.2. The van der Waals surface area contributed by atoms with Crippen molar-refractivity contribution in [1.29, 1.82) is 0 Å². The van der Waals surface area contributed by atoms with Crippen molar-refractivity contribution in [2.24, 2.45) is 0 Å². The summed E-state index contributed by atoms with van der Waals surface area (Å²) in [6, 6.07) is 17.0. The van der Waals surface area contributed by atoms with E-state index in [9.17, 15) is 4.79 Å². The number of para-hydroxylation sites is 1. The van der Waals surface area contributed by atoms with Gasteiger partial charge in [-0.1, -0.05) is 41.9 Å². The van der Waals surface area contributed by atoms with Gasteiger partial charge in [0.1, 0.15) is 5.39 Å². The van der Waals surface area contributed by atoms with Gasteiger partial charge in [-0.15, -0.1) is 0 Å². The van der Waals surface area contributed by atoms with Crippen molar-refractivity contribution in [3.63, 3.8) is 0 Å². The number of H-pyrrole nitrogens is 1. The Kier molecular flexibility index (Phi) is 5.59. The van der Waals surface area contributed by atoms with Crippen LogP contribution in [0.4, 0.5) is 5.95 Å². The molecular weight excluding hydrogens is 390 g/mol. The number of rotatable bonds is 7. The van der Waals surface area contributed by atoms with Crippen LogP contribution in [0.2, 0.25) is 5.02 Å². The quantitative estimate of drug-likeness (QED) is 0.482. The lowest BCUT2D eigenvalue weighted by atomic mass is 10.0. The highest BCUT2D eigenvalue weighted by molar-refractivity contribution is 6.30. The molecule has 1 atom stereocenters. The van der Waals surface area contributed by atoms with Gasteiger partial charge in [0.2, 0.25) is 5.95 Å². The molecule has 4 aromatic rings. The van der Waals surface area contributed by atoms with Crippen molar-refractivity contribution in [3.8, 4) is 5.69 Å². The summed E-state index contributed by atoms with van der Waals surface area (Å²) >= 11 is 6.02. The van der Waals surface area contributed by atoms with Crippen LogP contribution in [0.3, 0.4) is 0 Å². The zero-order valence-corrected chi connectivity index (χ0v) is 16.6. The van der Waals surface area contributed by atoms with Crippen LogP contribution in [-0.2, 0) is 4.74 Å². The molecule has 0 fully saturated rings. The molecule has 0 radical (unpaired) electrons. The van der Waals surface area contributed by atoms with E-state index < -0.39 is 0 Å². The van der Waals surface area contributed by atoms with Crippen LogP contribution in [0.1, 0.15) is 18.0 Å². The van der Waals surface area contributed by atoms with Crippen LogP contribution >= 0.6 is 11.6 Å². The summed E-state index contributed by atoms with van der Waals surface area (Å²) in [6.07, 6.45) is 2.22. The van der Waals surface area contributed by atoms with Crippen molar-refractivity contribution >= 4 is 28.6 Å². The maximum atomic E-state index is 12.6. The SMILES string of the molecule is COCCC(Nc1nc2c(cnn2-c2ccccc2)c(=O)[nH]1)c1ccc(Cl)cc1. The summed E-state index contributed by atoms with van der Waals surface area (Å²) in [5, 5.41) is 8.75. The number of benzene rings is 2. The second kappa shape index (κ2) is 8.46. The predicted octanol–water partition coefficient (Wildman–Crippen LogP) is 3.95. The first-order valence-corrected chi connectivity index (χ1v) is 9.58. The standard InChI is InChI=1S/C21H20ClN5O2/c1-29-12-11-18(14-7-9-15(22)10-8-14)24-21-25-19-17(20(28)26-21)13-23-27(19)16-5-3-2-4-6-16/h2-10,13,18H,11-12H2,1H3,(H2,24,25,26,28). The number of anilines is 1. The van der Waals surface area contributed by atoms with E-state index in [0.717, 1.165) is 11.3 Å². The number of ether oxygens (including phenoxy) is 1. The second-order valence-electron chi connectivity index (χ2n) is 6.57. The highest BCUT2D eigenvalue weighted by atomic mass is 35.5. The third-order valence-electron chi connectivity index (χ3n) is 4.63. The average molecular weight is 410 g/mol. The van der Waals surface area contributed by atoms with Crippen molar-refractivity contribution in [2.75, 3.05) is 19.0 Å². The highest BCUT2D eigenvalue weighted by Crippen LogP contribution is 2.23. The van der Waals surface area contributed by atoms with Crippen LogP contribution in [0, 0.1) is 0 Å². The number of methoxy groups -OCH3 is 1. The number of aromatic nitrogens is 4. The van der Waals surface area contributed by atoms with Gasteiger partial charge >= 0.3 is 0 Å². The Morgan fingerprint density at radius 1 is 1.17 bits per heavy atom. The van der Waals surface area contributed by atoms with Crippen LogP contribution in [0.15, 0.2) is 65.6 Å². The Balaban J connectivity index is 1.72. The van der Waals surface area contributed by atoms with Gasteiger partial charge in [-0.05, 0) is 36.2 Å². The second-order valence-corrected chi connectivity index (χ2v) is 7.01. The van der Waals surface area contributed by atoms with Gasteiger partial charge in [0, 0.05) is 18.7 Å². The van der Waals surface area contributed by atoms with Gasteiger partial charge in [-0.3, -0.25) is 9.78 Å². The lowest BCUT2D eigenvalue weighted by Crippen LogP contribution is -2.18. The maximum Gasteiger partial charge on any atom is 0.263 e. The molecule has 2 heterocycles. The molecule has 7 nitrogen and oxygen atoms in total. The molecular formula is C21H20ClN5O2. The van der Waals surface area contributed by atoms with Crippen molar-refractivity contribution in [3.05, 3.63) is 81.7 Å². The van der Waals surface area contributed by atoms with Gasteiger partial charge in [-0.2, -0.15) is 10.1 Å². The molecule has 0 spiro atoms. The Hall–Kier alpha value is -3.16. The summed E-state index contributed by atoms with van der Waals surface area (Å²) < 4.78 is 6.90. The minimum absolute atomic E-state index is 0.110. The molecule has 0 saturated carbocycles.